The van der Waals surface area contributed by atoms with Crippen molar-refractivity contribution in [3.8, 4) is 0 Å². The van der Waals surface area contributed by atoms with Gasteiger partial charge in [-0.15, -0.1) is 0 Å². The maximum Gasteiger partial charge on any atom is 0.321 e. The van der Waals surface area contributed by atoms with E-state index in [-0.39, 0.29) is 5.75 Å². The lowest BCUT2D eigenvalue weighted by Gasteiger charge is -2.18. The van der Waals surface area contributed by atoms with Crippen molar-refractivity contribution in [3.63, 3.8) is 0 Å². The van der Waals surface area contributed by atoms with Crippen LogP contribution in [0.1, 0.15) is 25.2 Å². The Morgan fingerprint density at radius 2 is 2.12 bits per heavy atom. The van der Waals surface area contributed by atoms with Gasteiger partial charge in [0.25, 0.3) is 0 Å². The molecule has 1 aromatic rings. The van der Waals surface area contributed by atoms with E-state index in [0.717, 1.165) is 0 Å². The highest BCUT2D eigenvalue weighted by atomic mass is 35.5. The van der Waals surface area contributed by atoms with E-state index in [1.165, 1.54) is 18.5 Å². The molecule has 7 heteroatoms. The Bertz CT molecular complexity index is 482. The summed E-state index contributed by atoms with van der Waals surface area (Å²) in [5.74, 6) is -1.01. The fourth-order valence-corrected chi connectivity index (χ4v) is 2.68. The molecule has 0 aliphatic rings. The third-order valence-corrected chi connectivity index (χ3v) is 4.95. The second-order valence-electron chi connectivity index (χ2n) is 4.28. The zero-order valence-electron chi connectivity index (χ0n) is 10.2. The summed E-state index contributed by atoms with van der Waals surface area (Å²) in [7, 11) is 0.130. The molecule has 0 radical (unpaired) electrons. The van der Waals surface area contributed by atoms with Gasteiger partial charge in [-0.1, -0.05) is 11.6 Å². The highest BCUT2D eigenvalue weighted by Gasteiger charge is 2.35. The minimum atomic E-state index is -1.56. The lowest BCUT2D eigenvalue weighted by molar-refractivity contribution is -0.139. The summed E-state index contributed by atoms with van der Waals surface area (Å²) in [4.78, 5) is 11.0. The number of carboxylic acids is 1. The number of hydrogen-bond acceptors (Lipinski definition) is 3. The van der Waals surface area contributed by atoms with Crippen molar-refractivity contribution in [3.05, 3.63) is 16.4 Å². The lowest BCUT2D eigenvalue weighted by Crippen LogP contribution is -2.37. The van der Waals surface area contributed by atoms with Gasteiger partial charge >= 0.3 is 5.97 Å². The van der Waals surface area contributed by atoms with E-state index in [4.69, 9.17) is 16.7 Å². The fraction of sp³-hybridized carbons (Fsp3) is 0.600. The van der Waals surface area contributed by atoms with Crippen LogP contribution in [0.25, 0.3) is 0 Å². The average molecular weight is 279 g/mol. The predicted octanol–water partition coefficient (Wildman–Crippen LogP) is 1.49. The minimum Gasteiger partial charge on any atom is -0.480 e. The van der Waals surface area contributed by atoms with E-state index in [0.29, 0.717) is 16.4 Å². The second kappa shape index (κ2) is 4.78. The highest BCUT2D eigenvalue weighted by molar-refractivity contribution is 7.86. The molecule has 1 aromatic heterocycles. The number of aryl methyl sites for hydroxylation is 2. The van der Waals surface area contributed by atoms with Gasteiger partial charge in [-0.25, -0.2) is 0 Å². The van der Waals surface area contributed by atoms with E-state index >= 15 is 0 Å². The maximum atomic E-state index is 12.0. The number of aromatic nitrogens is 2. The van der Waals surface area contributed by atoms with Crippen LogP contribution in [0, 0.1) is 6.92 Å². The van der Waals surface area contributed by atoms with E-state index in [9.17, 15) is 9.00 Å². The molecule has 0 aliphatic carbocycles. The van der Waals surface area contributed by atoms with E-state index in [1.807, 2.05) is 0 Å². The Kier molecular flexibility index (Phi) is 3.99. The molecule has 1 rings (SSSR count). The molecule has 0 saturated carbocycles. The predicted molar refractivity (Wildman–Crippen MR) is 66.5 cm³/mol. The number of rotatable bonds is 4. The van der Waals surface area contributed by atoms with Gasteiger partial charge in [-0.3, -0.25) is 13.7 Å². The number of carboxylic acid groups (broad SMARTS) is 1. The first-order valence-corrected chi connectivity index (χ1v) is 6.67. The van der Waals surface area contributed by atoms with Crippen LogP contribution in [0.15, 0.2) is 0 Å². The van der Waals surface area contributed by atoms with Crippen LogP contribution in [0.2, 0.25) is 5.02 Å². The first kappa shape index (κ1) is 14.2. The monoisotopic (exact) mass is 278 g/mol. The van der Waals surface area contributed by atoms with Gasteiger partial charge in [0.2, 0.25) is 0 Å². The fourth-order valence-electron chi connectivity index (χ4n) is 1.24. The Morgan fingerprint density at radius 3 is 2.47 bits per heavy atom. The molecule has 0 amide bonds. The molecule has 5 nitrogen and oxygen atoms in total. The van der Waals surface area contributed by atoms with Gasteiger partial charge in [0, 0.05) is 17.8 Å². The molecule has 1 N–H and O–H groups in total. The maximum absolute atomic E-state index is 12.0. The number of hydrogen-bond donors (Lipinski definition) is 1. The van der Waals surface area contributed by atoms with Crippen LogP contribution in [0.4, 0.5) is 0 Å². The van der Waals surface area contributed by atoms with Crippen molar-refractivity contribution in [2.24, 2.45) is 7.05 Å². The SMILES string of the molecule is Cc1nn(C)c(CS(=O)C(C)(C)C(=O)O)c1Cl. The van der Waals surface area contributed by atoms with E-state index in [2.05, 4.69) is 5.10 Å². The quantitative estimate of drug-likeness (QED) is 0.906. The van der Waals surface area contributed by atoms with Gasteiger partial charge in [-0.05, 0) is 20.8 Å². The molecular weight excluding hydrogens is 264 g/mol. The van der Waals surface area contributed by atoms with Crippen LogP contribution < -0.4 is 0 Å². The second-order valence-corrected chi connectivity index (χ2v) is 6.65. The first-order chi connectivity index (χ1) is 7.67. The van der Waals surface area contributed by atoms with Crippen molar-refractivity contribution in [2.75, 3.05) is 0 Å². The Hall–Kier alpha value is -0.880. The van der Waals surface area contributed by atoms with Crippen molar-refractivity contribution in [1.82, 2.24) is 9.78 Å². The smallest absolute Gasteiger partial charge is 0.321 e. The van der Waals surface area contributed by atoms with Crippen molar-refractivity contribution >= 4 is 28.4 Å². The number of nitrogens with zero attached hydrogens (tertiary/aromatic N) is 2. The summed E-state index contributed by atoms with van der Waals surface area (Å²) in [5, 5.41) is 13.5. The molecule has 1 atom stereocenters. The van der Waals surface area contributed by atoms with Gasteiger partial charge in [-0.2, -0.15) is 5.10 Å². The molecule has 0 bridgehead atoms. The Balaban J connectivity index is 3.00. The third kappa shape index (κ3) is 2.69. The summed E-state index contributed by atoms with van der Waals surface area (Å²) >= 11 is 6.02. The standard InChI is InChI=1S/C10H15ClN2O3S/c1-6-8(11)7(13(4)12-6)5-17(16)10(2,3)9(14)15/h5H2,1-4H3,(H,14,15). The number of aliphatic carboxylic acids is 1. The van der Waals surface area contributed by atoms with Crippen molar-refractivity contribution in [2.45, 2.75) is 31.3 Å². The molecule has 96 valence electrons. The molecule has 0 spiro atoms. The minimum absolute atomic E-state index is 0.0788. The molecule has 0 fully saturated rings. The summed E-state index contributed by atoms with van der Waals surface area (Å²) in [6.07, 6.45) is 0. The van der Waals surface area contributed by atoms with Crippen molar-refractivity contribution in [1.29, 1.82) is 0 Å². The molecular formula is C10H15ClN2O3S. The third-order valence-electron chi connectivity index (χ3n) is 2.61. The molecule has 17 heavy (non-hydrogen) atoms. The van der Waals surface area contributed by atoms with Gasteiger partial charge in [0.05, 0.1) is 22.2 Å². The zero-order chi connectivity index (χ0) is 13.4. The Morgan fingerprint density at radius 1 is 1.59 bits per heavy atom. The van der Waals surface area contributed by atoms with Crippen LogP contribution in [0.3, 0.4) is 0 Å². The van der Waals surface area contributed by atoms with Crippen LogP contribution in [-0.2, 0) is 28.4 Å². The van der Waals surface area contributed by atoms with Crippen LogP contribution in [0.5, 0.6) is 0 Å². The lowest BCUT2D eigenvalue weighted by atomic mass is 10.2. The molecule has 0 aliphatic heterocycles. The zero-order valence-corrected chi connectivity index (χ0v) is 11.7. The number of carbonyl (C=O) groups is 1. The largest absolute Gasteiger partial charge is 0.480 e. The van der Waals surface area contributed by atoms with Crippen LogP contribution in [-0.4, -0.2) is 29.8 Å². The molecule has 1 heterocycles. The first-order valence-electron chi connectivity index (χ1n) is 4.97. The molecule has 0 saturated heterocycles. The van der Waals surface area contributed by atoms with Gasteiger partial charge in [0.1, 0.15) is 4.75 Å². The highest BCUT2D eigenvalue weighted by Crippen LogP contribution is 2.24. The van der Waals surface area contributed by atoms with Crippen molar-refractivity contribution < 1.29 is 14.1 Å². The summed E-state index contributed by atoms with van der Waals surface area (Å²) < 4.78 is 12.3. The van der Waals surface area contributed by atoms with Crippen LogP contribution >= 0.6 is 11.6 Å². The summed E-state index contributed by atoms with van der Waals surface area (Å²) in [6.45, 7) is 4.61. The summed E-state index contributed by atoms with van der Waals surface area (Å²) in [6, 6.07) is 0. The van der Waals surface area contributed by atoms with Gasteiger partial charge in [0.15, 0.2) is 0 Å². The van der Waals surface area contributed by atoms with E-state index in [1.54, 1.807) is 14.0 Å². The topological polar surface area (TPSA) is 72.2 Å². The van der Waals surface area contributed by atoms with Gasteiger partial charge < -0.3 is 5.11 Å². The Labute approximate surface area is 107 Å². The normalized spacial score (nSPS) is 13.7. The van der Waals surface area contributed by atoms with E-state index < -0.39 is 21.5 Å². The summed E-state index contributed by atoms with van der Waals surface area (Å²) in [5.41, 5.74) is 1.24. The molecule has 0 aromatic carbocycles. The molecule has 1 unspecified atom stereocenters. The number of halogens is 1. The average Bonchev–Trinajstić information content (AvgIpc) is 2.44.